The number of carbonyl (C=O) groups is 1. The van der Waals surface area contributed by atoms with E-state index in [-0.39, 0.29) is 5.97 Å². The molecule has 0 unspecified atom stereocenters. The SMILES string of the molecule is CCCC/C=C\OC(=O)Cc1ccccc1. The highest BCUT2D eigenvalue weighted by atomic mass is 16.5. The minimum absolute atomic E-state index is 0.209. The summed E-state index contributed by atoms with van der Waals surface area (Å²) in [5.74, 6) is -0.209. The predicted molar refractivity (Wildman–Crippen MR) is 64.9 cm³/mol. The molecular weight excluding hydrogens is 200 g/mol. The molecule has 2 nitrogen and oxygen atoms in total. The van der Waals surface area contributed by atoms with Gasteiger partial charge in [-0.2, -0.15) is 0 Å². The number of unbranched alkanes of at least 4 members (excludes halogenated alkanes) is 2. The minimum Gasteiger partial charge on any atom is -0.435 e. The van der Waals surface area contributed by atoms with E-state index in [9.17, 15) is 4.79 Å². The van der Waals surface area contributed by atoms with Gasteiger partial charge in [-0.25, -0.2) is 0 Å². The molecule has 1 rings (SSSR count). The van der Waals surface area contributed by atoms with Crippen LogP contribution in [0.15, 0.2) is 42.7 Å². The molecule has 0 aromatic heterocycles. The molecule has 0 N–H and O–H groups in total. The van der Waals surface area contributed by atoms with Crippen molar-refractivity contribution in [3.05, 3.63) is 48.2 Å². The van der Waals surface area contributed by atoms with Crippen LogP contribution in [0, 0.1) is 0 Å². The Bertz CT molecular complexity index is 328. The molecule has 0 aliphatic rings. The third kappa shape index (κ3) is 5.35. The van der Waals surface area contributed by atoms with Crippen LogP contribution < -0.4 is 0 Å². The van der Waals surface area contributed by atoms with Crippen molar-refractivity contribution in [3.8, 4) is 0 Å². The van der Waals surface area contributed by atoms with Crippen LogP contribution in [0.5, 0.6) is 0 Å². The molecule has 0 atom stereocenters. The summed E-state index contributed by atoms with van der Waals surface area (Å²) < 4.78 is 4.97. The normalized spacial score (nSPS) is 10.6. The Morgan fingerprint density at radius 3 is 2.75 bits per heavy atom. The summed E-state index contributed by atoms with van der Waals surface area (Å²) in [5.41, 5.74) is 0.981. The van der Waals surface area contributed by atoms with E-state index in [0.29, 0.717) is 6.42 Å². The molecule has 0 aliphatic heterocycles. The molecule has 0 heterocycles. The fraction of sp³-hybridized carbons (Fsp3) is 0.357. The molecule has 16 heavy (non-hydrogen) atoms. The first kappa shape index (κ1) is 12.5. The molecule has 86 valence electrons. The number of rotatable bonds is 6. The van der Waals surface area contributed by atoms with Gasteiger partial charge in [0, 0.05) is 0 Å². The van der Waals surface area contributed by atoms with Crippen molar-refractivity contribution in [1.82, 2.24) is 0 Å². The van der Waals surface area contributed by atoms with E-state index in [4.69, 9.17) is 4.74 Å². The topological polar surface area (TPSA) is 26.3 Å². The van der Waals surface area contributed by atoms with E-state index in [1.54, 1.807) is 0 Å². The van der Waals surface area contributed by atoms with Crippen molar-refractivity contribution in [3.63, 3.8) is 0 Å². The van der Waals surface area contributed by atoms with Crippen molar-refractivity contribution in [1.29, 1.82) is 0 Å². The first-order valence-corrected chi connectivity index (χ1v) is 5.71. The number of hydrogen-bond donors (Lipinski definition) is 0. The van der Waals surface area contributed by atoms with Gasteiger partial charge < -0.3 is 4.74 Å². The predicted octanol–water partition coefficient (Wildman–Crippen LogP) is 3.48. The molecule has 0 saturated carbocycles. The Labute approximate surface area is 96.9 Å². The summed E-state index contributed by atoms with van der Waals surface area (Å²) in [7, 11) is 0. The average Bonchev–Trinajstić information content (AvgIpc) is 2.30. The van der Waals surface area contributed by atoms with Crippen LogP contribution in [0.4, 0.5) is 0 Å². The van der Waals surface area contributed by atoms with Crippen LogP contribution in [0.1, 0.15) is 31.7 Å². The highest BCUT2D eigenvalue weighted by molar-refractivity contribution is 5.73. The molecule has 2 heteroatoms. The lowest BCUT2D eigenvalue weighted by molar-refractivity contribution is -0.137. The van der Waals surface area contributed by atoms with Gasteiger partial charge in [-0.15, -0.1) is 0 Å². The zero-order valence-electron chi connectivity index (χ0n) is 9.69. The monoisotopic (exact) mass is 218 g/mol. The lowest BCUT2D eigenvalue weighted by atomic mass is 10.2. The largest absolute Gasteiger partial charge is 0.435 e. The van der Waals surface area contributed by atoms with Gasteiger partial charge in [-0.1, -0.05) is 43.7 Å². The van der Waals surface area contributed by atoms with Crippen LogP contribution in [-0.2, 0) is 16.0 Å². The first-order chi connectivity index (χ1) is 7.83. The van der Waals surface area contributed by atoms with E-state index in [2.05, 4.69) is 6.92 Å². The molecule has 1 aromatic carbocycles. The Kier molecular flexibility index (Phi) is 6.00. The van der Waals surface area contributed by atoms with E-state index < -0.39 is 0 Å². The quantitative estimate of drug-likeness (QED) is 0.415. The maximum absolute atomic E-state index is 11.4. The van der Waals surface area contributed by atoms with Crippen LogP contribution in [0.25, 0.3) is 0 Å². The smallest absolute Gasteiger partial charge is 0.315 e. The third-order valence-corrected chi connectivity index (χ3v) is 2.21. The molecule has 0 radical (unpaired) electrons. The van der Waals surface area contributed by atoms with Gasteiger partial charge in [0.2, 0.25) is 0 Å². The van der Waals surface area contributed by atoms with Gasteiger partial charge in [-0.3, -0.25) is 4.79 Å². The van der Waals surface area contributed by atoms with Gasteiger partial charge >= 0.3 is 5.97 Å². The number of ether oxygens (including phenoxy) is 1. The average molecular weight is 218 g/mol. The van der Waals surface area contributed by atoms with Crippen molar-refractivity contribution in [2.75, 3.05) is 0 Å². The summed E-state index contributed by atoms with van der Waals surface area (Å²) in [4.78, 5) is 11.4. The first-order valence-electron chi connectivity index (χ1n) is 5.71. The Morgan fingerprint density at radius 1 is 1.31 bits per heavy atom. The van der Waals surface area contributed by atoms with E-state index >= 15 is 0 Å². The molecular formula is C14H18O2. The Hall–Kier alpha value is -1.57. The van der Waals surface area contributed by atoms with Gasteiger partial charge in [0.05, 0.1) is 12.7 Å². The molecule has 0 fully saturated rings. The highest BCUT2D eigenvalue weighted by Gasteiger charge is 2.01. The van der Waals surface area contributed by atoms with E-state index in [1.165, 1.54) is 6.26 Å². The van der Waals surface area contributed by atoms with E-state index in [1.807, 2.05) is 36.4 Å². The fourth-order valence-corrected chi connectivity index (χ4v) is 1.32. The number of esters is 1. The number of allylic oxidation sites excluding steroid dienone is 1. The highest BCUT2D eigenvalue weighted by Crippen LogP contribution is 2.01. The summed E-state index contributed by atoms with van der Waals surface area (Å²) in [6.45, 7) is 2.13. The van der Waals surface area contributed by atoms with Gasteiger partial charge in [0.1, 0.15) is 0 Å². The van der Waals surface area contributed by atoms with Crippen molar-refractivity contribution < 1.29 is 9.53 Å². The lowest BCUT2D eigenvalue weighted by Gasteiger charge is -1.99. The van der Waals surface area contributed by atoms with Crippen molar-refractivity contribution in [2.24, 2.45) is 0 Å². The summed E-state index contributed by atoms with van der Waals surface area (Å²) in [5, 5.41) is 0. The number of benzene rings is 1. The summed E-state index contributed by atoms with van der Waals surface area (Å²) >= 11 is 0. The molecule has 0 bridgehead atoms. The number of carbonyl (C=O) groups excluding carboxylic acids is 1. The second kappa shape index (κ2) is 7.69. The fourth-order valence-electron chi connectivity index (χ4n) is 1.32. The standard InChI is InChI=1S/C14H18O2/c1-2-3-4-8-11-16-14(15)12-13-9-6-5-7-10-13/h5-11H,2-4,12H2,1H3/b11-8-. The molecule has 0 spiro atoms. The van der Waals surface area contributed by atoms with Crippen LogP contribution in [0.2, 0.25) is 0 Å². The third-order valence-electron chi connectivity index (χ3n) is 2.21. The Balaban J connectivity index is 2.24. The van der Waals surface area contributed by atoms with E-state index in [0.717, 1.165) is 24.8 Å². The second-order valence-corrected chi connectivity index (χ2v) is 3.67. The zero-order chi connectivity index (χ0) is 11.6. The van der Waals surface area contributed by atoms with Crippen LogP contribution >= 0.6 is 0 Å². The molecule has 0 aliphatic carbocycles. The summed E-state index contributed by atoms with van der Waals surface area (Å²) in [6.07, 6.45) is 6.98. The molecule has 1 aromatic rings. The van der Waals surface area contributed by atoms with Crippen molar-refractivity contribution in [2.45, 2.75) is 32.6 Å². The van der Waals surface area contributed by atoms with Gasteiger partial charge in [0.25, 0.3) is 0 Å². The maximum Gasteiger partial charge on any atom is 0.315 e. The minimum atomic E-state index is -0.209. The van der Waals surface area contributed by atoms with Gasteiger partial charge in [0.15, 0.2) is 0 Å². The van der Waals surface area contributed by atoms with Crippen molar-refractivity contribution >= 4 is 5.97 Å². The second-order valence-electron chi connectivity index (χ2n) is 3.67. The summed E-state index contributed by atoms with van der Waals surface area (Å²) in [6, 6.07) is 9.60. The zero-order valence-corrected chi connectivity index (χ0v) is 9.69. The molecule has 0 saturated heterocycles. The van der Waals surface area contributed by atoms with Crippen LogP contribution in [0.3, 0.4) is 0 Å². The lowest BCUT2D eigenvalue weighted by Crippen LogP contribution is -2.03. The maximum atomic E-state index is 11.4. The Morgan fingerprint density at radius 2 is 2.06 bits per heavy atom. The molecule has 0 amide bonds. The number of hydrogen-bond acceptors (Lipinski definition) is 2. The van der Waals surface area contributed by atoms with Gasteiger partial charge in [-0.05, 0) is 24.5 Å². The van der Waals surface area contributed by atoms with Crippen LogP contribution in [-0.4, -0.2) is 5.97 Å².